The van der Waals surface area contributed by atoms with E-state index in [0.717, 1.165) is 81.8 Å². The van der Waals surface area contributed by atoms with Gasteiger partial charge in [-0.3, -0.25) is 9.59 Å². The summed E-state index contributed by atoms with van der Waals surface area (Å²) < 4.78 is 22.6. The summed E-state index contributed by atoms with van der Waals surface area (Å²) in [4.78, 5) is 61.4. The average Bonchev–Trinajstić information content (AvgIpc) is 1.03. The highest BCUT2D eigenvalue weighted by Crippen LogP contribution is 2.27. The highest BCUT2D eigenvalue weighted by molar-refractivity contribution is 6.14. The number of carbonyl (C=O) groups is 4. The maximum absolute atomic E-state index is 13.4. The van der Waals surface area contributed by atoms with Crippen molar-refractivity contribution in [3.8, 4) is 0 Å². The van der Waals surface area contributed by atoms with Crippen molar-refractivity contribution >= 4 is 23.9 Å². The molecule has 0 aliphatic carbocycles. The zero-order valence-electron chi connectivity index (χ0n) is 66.3. The van der Waals surface area contributed by atoms with Crippen molar-refractivity contribution in [1.29, 1.82) is 0 Å². The van der Waals surface area contributed by atoms with Gasteiger partial charge in [0.25, 0.3) is 0 Å². The number of rotatable bonds is 72. The van der Waals surface area contributed by atoms with Crippen LogP contribution in [-0.2, 0) is 38.1 Å². The molecule has 12 nitrogen and oxygen atoms in total. The van der Waals surface area contributed by atoms with Crippen molar-refractivity contribution in [3.63, 3.8) is 0 Å². The van der Waals surface area contributed by atoms with Crippen LogP contribution < -0.4 is 0 Å². The number of esters is 4. The molecule has 0 fully saturated rings. The molecule has 0 rings (SSSR count). The van der Waals surface area contributed by atoms with Crippen LogP contribution >= 0.6 is 0 Å². The van der Waals surface area contributed by atoms with Gasteiger partial charge in [-0.25, -0.2) is 9.59 Å². The Labute approximate surface area is 597 Å². The van der Waals surface area contributed by atoms with Gasteiger partial charge in [-0.1, -0.05) is 336 Å². The number of allylic oxidation sites excluding steroid dienone is 2. The quantitative estimate of drug-likeness (QED) is 0.0110. The third-order valence-corrected chi connectivity index (χ3v) is 18.9. The van der Waals surface area contributed by atoms with Gasteiger partial charge in [0.1, 0.15) is 32.0 Å². The van der Waals surface area contributed by atoms with Crippen molar-refractivity contribution in [2.45, 2.75) is 381 Å². The summed E-state index contributed by atoms with van der Waals surface area (Å²) in [5, 5.41) is 0. The Kier molecular flexibility index (Phi) is 74.3. The summed E-state index contributed by atoms with van der Waals surface area (Å²) in [7, 11) is 15.6. The van der Waals surface area contributed by atoms with E-state index < -0.39 is 29.8 Å². The van der Waals surface area contributed by atoms with E-state index in [9.17, 15) is 19.2 Å². The summed E-state index contributed by atoms with van der Waals surface area (Å²) in [5.41, 5.74) is 2.03. The maximum atomic E-state index is 13.4. The topological polar surface area (TPSA) is 118 Å². The van der Waals surface area contributed by atoms with E-state index in [1.165, 1.54) is 283 Å². The molecule has 0 unspecified atom stereocenters. The molecular weight excluding hydrogens is 1190 g/mol. The van der Waals surface area contributed by atoms with Crippen LogP contribution in [0.15, 0.2) is 22.8 Å². The first-order chi connectivity index (χ1) is 46.7. The number of nitrogens with zero attached hydrogens (tertiary/aromatic N) is 4. The summed E-state index contributed by atoms with van der Waals surface area (Å²) in [6.07, 6.45) is 72.0. The number of likely N-dealkylation sites (N-methyl/N-ethyl adjacent to an activating group) is 4. The van der Waals surface area contributed by atoms with Crippen molar-refractivity contribution in [2.75, 3.05) is 109 Å². The number of carbonyl (C=O) groups excluding carboxylic acids is 4. The van der Waals surface area contributed by atoms with Gasteiger partial charge >= 0.3 is 23.9 Å². The van der Waals surface area contributed by atoms with Gasteiger partial charge in [0.05, 0.1) is 0 Å². The van der Waals surface area contributed by atoms with Gasteiger partial charge in [-0.05, 0) is 119 Å². The number of hydrogen-bond acceptors (Lipinski definition) is 12. The van der Waals surface area contributed by atoms with Gasteiger partial charge < -0.3 is 38.5 Å². The molecule has 0 aliphatic heterocycles. The van der Waals surface area contributed by atoms with Crippen LogP contribution in [0.5, 0.6) is 0 Å². The van der Waals surface area contributed by atoms with Crippen molar-refractivity contribution in [3.05, 3.63) is 22.8 Å². The summed E-state index contributed by atoms with van der Waals surface area (Å²) in [5.74, 6) is -2.88. The molecule has 0 amide bonds. The smallest absolute Gasteiger partial charge is 0.345 e. The van der Waals surface area contributed by atoms with E-state index in [1.807, 2.05) is 76.0 Å². The lowest BCUT2D eigenvalue weighted by molar-refractivity contribution is -0.160. The molecule has 0 aliphatic rings. The average molecular weight is 1360 g/mol. The molecule has 96 heavy (non-hydrogen) atoms. The number of unbranched alkanes of at least 4 members (excludes halogenated alkanes) is 48. The lowest BCUT2D eigenvalue weighted by Crippen LogP contribution is -2.33. The Hall–Kier alpha value is -2.80. The zero-order valence-corrected chi connectivity index (χ0v) is 66.3. The fourth-order valence-electron chi connectivity index (χ4n) is 12.5. The van der Waals surface area contributed by atoms with Crippen LogP contribution in [0.4, 0.5) is 0 Å². The summed E-state index contributed by atoms with van der Waals surface area (Å²) in [6.45, 7) is 12.7. The second kappa shape index (κ2) is 74.9. The molecule has 0 saturated carbocycles. The highest BCUT2D eigenvalue weighted by Gasteiger charge is 2.33. The molecular formula is C84H164N4O8. The second-order valence-corrected chi connectivity index (χ2v) is 29.7. The van der Waals surface area contributed by atoms with Crippen molar-refractivity contribution in [2.24, 2.45) is 5.92 Å². The third kappa shape index (κ3) is 67.0. The van der Waals surface area contributed by atoms with E-state index >= 15 is 0 Å². The van der Waals surface area contributed by atoms with Gasteiger partial charge in [0.2, 0.25) is 0 Å². The van der Waals surface area contributed by atoms with Crippen LogP contribution in [0.1, 0.15) is 381 Å². The maximum Gasteiger partial charge on any atom is 0.345 e. The predicted octanol–water partition coefficient (Wildman–Crippen LogP) is 22.8. The Morgan fingerprint density at radius 2 is 0.479 bits per heavy atom. The minimum absolute atomic E-state index is 0.172. The van der Waals surface area contributed by atoms with Gasteiger partial charge in [-0.15, -0.1) is 0 Å². The predicted molar refractivity (Wildman–Crippen MR) is 413 cm³/mol. The molecule has 0 spiro atoms. The van der Waals surface area contributed by atoms with Crippen molar-refractivity contribution < 1.29 is 38.1 Å². The minimum atomic E-state index is -0.955. The fourth-order valence-corrected chi connectivity index (χ4v) is 12.5. The van der Waals surface area contributed by atoms with Crippen LogP contribution in [0, 0.1) is 5.92 Å². The standard InChI is InChI=1S/2C42H82N2O4/c2*1-7-9-11-13-15-17-19-21-23-25-27-29-31-33-39(34-32-30-28-26-24-22-20-18-16-14-12-10-8-2)40(41(45)47-37-35-43(3)4)42(46)48-38-36-44(5)6/h7-38H2,1-6H3;33,40H,7-32,34-38H2,1-6H3. The van der Waals surface area contributed by atoms with Crippen LogP contribution in [0.3, 0.4) is 0 Å². The van der Waals surface area contributed by atoms with Crippen LogP contribution in [-0.4, -0.2) is 152 Å². The molecule has 0 heterocycles. The van der Waals surface area contributed by atoms with E-state index in [-0.39, 0.29) is 32.0 Å². The van der Waals surface area contributed by atoms with Gasteiger partial charge in [0, 0.05) is 26.2 Å². The molecule has 568 valence electrons. The van der Waals surface area contributed by atoms with E-state index in [2.05, 4.69) is 33.8 Å². The van der Waals surface area contributed by atoms with Crippen LogP contribution in [0.25, 0.3) is 0 Å². The van der Waals surface area contributed by atoms with Gasteiger partial charge in [0.15, 0.2) is 5.92 Å². The molecule has 12 heteroatoms. The first-order valence-corrected chi connectivity index (χ1v) is 41.3. The first kappa shape index (κ1) is 95.3. The zero-order chi connectivity index (χ0) is 71.0. The third-order valence-electron chi connectivity index (χ3n) is 18.9. The first-order valence-electron chi connectivity index (χ1n) is 41.3. The summed E-state index contributed by atoms with van der Waals surface area (Å²) >= 11 is 0. The normalized spacial score (nSPS) is 11.7. The Morgan fingerprint density at radius 1 is 0.271 bits per heavy atom. The van der Waals surface area contributed by atoms with E-state index in [4.69, 9.17) is 18.9 Å². The van der Waals surface area contributed by atoms with E-state index in [0.29, 0.717) is 26.2 Å². The fraction of sp³-hybridized carbons (Fsp3) is 0.905. The highest BCUT2D eigenvalue weighted by atomic mass is 16.6. The number of hydrogen-bond donors (Lipinski definition) is 0. The molecule has 0 bridgehead atoms. The number of ether oxygens (including phenoxy) is 4. The monoisotopic (exact) mass is 1360 g/mol. The minimum Gasteiger partial charge on any atom is -0.463 e. The Morgan fingerprint density at radius 3 is 0.719 bits per heavy atom. The Balaban J connectivity index is 0. The molecule has 0 atom stereocenters. The lowest BCUT2D eigenvalue weighted by Gasteiger charge is -2.20. The molecule has 0 aromatic rings. The second-order valence-electron chi connectivity index (χ2n) is 29.7. The largest absolute Gasteiger partial charge is 0.463 e. The van der Waals surface area contributed by atoms with E-state index in [1.54, 1.807) is 0 Å². The molecule has 0 saturated heterocycles. The molecule has 0 aromatic carbocycles. The lowest BCUT2D eigenvalue weighted by atomic mass is 9.92. The molecule has 0 N–H and O–H groups in total. The molecule has 0 aromatic heterocycles. The SMILES string of the molecule is CCCCCCCCCCCCCCC=C(CCCCCCCCCCCCCCC)C(C(=O)OCCN(C)C)C(=O)OCCN(C)C.CCCCCCCCCCCCCCCC(CCCCCCCCCCCCCCC)=C(C(=O)OCCN(C)C)C(=O)OCCN(C)C. The van der Waals surface area contributed by atoms with Gasteiger partial charge in [-0.2, -0.15) is 0 Å². The van der Waals surface area contributed by atoms with Crippen molar-refractivity contribution in [1.82, 2.24) is 19.6 Å². The summed E-state index contributed by atoms with van der Waals surface area (Å²) in [6, 6.07) is 0. The molecule has 0 radical (unpaired) electrons. The van der Waals surface area contributed by atoms with Crippen LogP contribution in [0.2, 0.25) is 0 Å². The Bertz CT molecular complexity index is 1680.